The fraction of sp³-hybridized carbons (Fsp3) is 0.207. The van der Waals surface area contributed by atoms with E-state index in [-0.39, 0.29) is 11.0 Å². The topological polar surface area (TPSA) is 124 Å². The van der Waals surface area contributed by atoms with Gasteiger partial charge in [0.1, 0.15) is 11.3 Å². The number of nitrogens with one attached hydrogen (secondary N) is 4. The van der Waals surface area contributed by atoms with Gasteiger partial charge in [0, 0.05) is 45.6 Å². The van der Waals surface area contributed by atoms with Gasteiger partial charge in [-0.05, 0) is 68.2 Å². The molecule has 1 fully saturated rings. The number of thiophene rings is 1. The highest BCUT2D eigenvalue weighted by molar-refractivity contribution is 7.14. The first kappa shape index (κ1) is 24.6. The highest BCUT2D eigenvalue weighted by Gasteiger charge is 2.18. The van der Waals surface area contributed by atoms with E-state index in [1.807, 2.05) is 24.3 Å². The molecule has 1 aliphatic heterocycles. The van der Waals surface area contributed by atoms with Gasteiger partial charge >= 0.3 is 0 Å². The van der Waals surface area contributed by atoms with E-state index in [0.29, 0.717) is 29.4 Å². The van der Waals surface area contributed by atoms with Crippen molar-refractivity contribution in [3.05, 3.63) is 66.3 Å². The van der Waals surface area contributed by atoms with E-state index in [1.165, 1.54) is 6.07 Å². The van der Waals surface area contributed by atoms with E-state index in [1.54, 1.807) is 30.9 Å². The first-order valence-corrected chi connectivity index (χ1v) is 14.0. The Labute approximate surface area is 232 Å². The number of piperidine rings is 1. The molecule has 7 heterocycles. The zero-order valence-corrected chi connectivity index (χ0v) is 22.2. The average molecular weight is 553 g/mol. The Bertz CT molecular complexity index is 1850. The van der Waals surface area contributed by atoms with Crippen LogP contribution in [0.2, 0.25) is 0 Å². The molecule has 0 spiro atoms. The summed E-state index contributed by atoms with van der Waals surface area (Å²) < 4.78 is 13.7. The first-order valence-electron chi connectivity index (χ1n) is 13.1. The van der Waals surface area contributed by atoms with Crippen LogP contribution in [0, 0.1) is 11.0 Å². The SMILES string of the molecule is O=C(CC1CCNCC1)Nc1cncc(-c2cc3c(-c4cc5c(-c6ccc(F)s6)ccnc5[nH]4)n[nH]c3cn2)c1. The minimum atomic E-state index is -0.228. The third-order valence-electron chi connectivity index (χ3n) is 7.32. The number of hydrogen-bond acceptors (Lipinski definition) is 7. The average Bonchev–Trinajstić information content (AvgIpc) is 3.71. The molecule has 0 aromatic carbocycles. The molecule has 0 bridgehead atoms. The number of carbonyl (C=O) groups excluding carboxylic acids is 1. The number of H-pyrrole nitrogens is 2. The van der Waals surface area contributed by atoms with Gasteiger partial charge in [-0.2, -0.15) is 9.49 Å². The van der Waals surface area contributed by atoms with Gasteiger partial charge in [-0.1, -0.05) is 0 Å². The smallest absolute Gasteiger partial charge is 0.224 e. The zero-order valence-electron chi connectivity index (χ0n) is 21.4. The molecule has 11 heteroatoms. The molecule has 0 aliphatic carbocycles. The van der Waals surface area contributed by atoms with E-state index in [0.717, 1.165) is 80.9 Å². The van der Waals surface area contributed by atoms with E-state index >= 15 is 0 Å². The lowest BCUT2D eigenvalue weighted by Gasteiger charge is -2.21. The second kappa shape index (κ2) is 10.2. The van der Waals surface area contributed by atoms with Crippen molar-refractivity contribution in [2.24, 2.45) is 5.92 Å². The molecule has 1 saturated heterocycles. The highest BCUT2D eigenvalue weighted by Crippen LogP contribution is 2.36. The van der Waals surface area contributed by atoms with Crippen molar-refractivity contribution in [2.45, 2.75) is 19.3 Å². The molecular weight excluding hydrogens is 527 g/mol. The van der Waals surface area contributed by atoms with E-state index in [2.05, 4.69) is 40.8 Å². The van der Waals surface area contributed by atoms with Gasteiger partial charge in [-0.25, -0.2) is 4.98 Å². The van der Waals surface area contributed by atoms with Crippen molar-refractivity contribution in [2.75, 3.05) is 18.4 Å². The number of fused-ring (bicyclic) bond motifs is 2. The van der Waals surface area contributed by atoms with Crippen LogP contribution in [0.4, 0.5) is 10.1 Å². The molecule has 0 radical (unpaired) electrons. The summed E-state index contributed by atoms with van der Waals surface area (Å²) in [6, 6.07) is 11.0. The van der Waals surface area contributed by atoms with Crippen molar-refractivity contribution in [1.29, 1.82) is 0 Å². The predicted octanol–water partition coefficient (Wildman–Crippen LogP) is 5.76. The van der Waals surface area contributed by atoms with Crippen molar-refractivity contribution in [3.8, 4) is 33.1 Å². The summed E-state index contributed by atoms with van der Waals surface area (Å²) in [4.78, 5) is 30.3. The monoisotopic (exact) mass is 552 g/mol. The summed E-state index contributed by atoms with van der Waals surface area (Å²) in [6.07, 6.45) is 9.38. The summed E-state index contributed by atoms with van der Waals surface area (Å²) in [7, 11) is 0. The minimum absolute atomic E-state index is 0.00320. The number of amides is 1. The van der Waals surface area contributed by atoms with Crippen molar-refractivity contribution in [3.63, 3.8) is 0 Å². The number of halogens is 1. The van der Waals surface area contributed by atoms with Gasteiger partial charge in [-0.15, -0.1) is 11.3 Å². The molecular formula is C29H25FN8OS. The van der Waals surface area contributed by atoms with Crippen molar-refractivity contribution in [1.82, 2.24) is 35.5 Å². The number of aromatic nitrogens is 6. The molecule has 0 saturated carbocycles. The number of rotatable bonds is 6. The van der Waals surface area contributed by atoms with Crippen molar-refractivity contribution < 1.29 is 9.18 Å². The van der Waals surface area contributed by atoms with Gasteiger partial charge < -0.3 is 15.6 Å². The molecule has 40 heavy (non-hydrogen) atoms. The third kappa shape index (κ3) is 4.74. The molecule has 6 aromatic rings. The quantitative estimate of drug-likeness (QED) is 0.208. The first-order chi connectivity index (χ1) is 19.6. The van der Waals surface area contributed by atoms with Crippen LogP contribution in [-0.2, 0) is 4.79 Å². The van der Waals surface area contributed by atoms with Gasteiger partial charge in [-0.3, -0.25) is 19.9 Å². The van der Waals surface area contributed by atoms with Gasteiger partial charge in [0.25, 0.3) is 0 Å². The molecule has 1 amide bonds. The highest BCUT2D eigenvalue weighted by atomic mass is 32.1. The van der Waals surface area contributed by atoms with Crippen LogP contribution in [0.25, 0.3) is 55.0 Å². The lowest BCUT2D eigenvalue weighted by molar-refractivity contribution is -0.117. The van der Waals surface area contributed by atoms with Crippen LogP contribution in [0.1, 0.15) is 19.3 Å². The molecule has 0 atom stereocenters. The van der Waals surface area contributed by atoms with Gasteiger partial charge in [0.15, 0.2) is 5.13 Å². The maximum Gasteiger partial charge on any atom is 0.224 e. The molecule has 4 N–H and O–H groups in total. The van der Waals surface area contributed by atoms with E-state index < -0.39 is 0 Å². The molecule has 200 valence electrons. The van der Waals surface area contributed by atoms with Crippen LogP contribution in [0.15, 0.2) is 61.2 Å². The second-order valence-electron chi connectivity index (χ2n) is 10.0. The third-order valence-corrected chi connectivity index (χ3v) is 8.23. The molecule has 7 rings (SSSR count). The number of carbonyl (C=O) groups is 1. The second-order valence-corrected chi connectivity index (χ2v) is 11.0. The maximum atomic E-state index is 13.7. The van der Waals surface area contributed by atoms with Crippen LogP contribution in [0.3, 0.4) is 0 Å². The summed E-state index contributed by atoms with van der Waals surface area (Å²) >= 11 is 1.10. The zero-order chi connectivity index (χ0) is 27.1. The Kier molecular flexibility index (Phi) is 6.29. The largest absolute Gasteiger partial charge is 0.338 e. The maximum absolute atomic E-state index is 13.7. The number of hydrogen-bond donors (Lipinski definition) is 4. The fourth-order valence-corrected chi connectivity index (χ4v) is 6.09. The molecule has 0 unspecified atom stereocenters. The summed E-state index contributed by atoms with van der Waals surface area (Å²) in [5.74, 6) is 0.409. The Morgan fingerprint density at radius 3 is 2.80 bits per heavy atom. The predicted molar refractivity (Wildman–Crippen MR) is 154 cm³/mol. The Balaban J connectivity index is 1.19. The molecule has 1 aliphatic rings. The summed E-state index contributed by atoms with van der Waals surface area (Å²) in [5, 5.41) is 15.5. The number of anilines is 1. The van der Waals surface area contributed by atoms with Crippen LogP contribution in [0.5, 0.6) is 0 Å². The molecule has 6 aromatic heterocycles. The van der Waals surface area contributed by atoms with Crippen LogP contribution < -0.4 is 10.6 Å². The Hall–Kier alpha value is -4.48. The lowest BCUT2D eigenvalue weighted by atomic mass is 9.94. The van der Waals surface area contributed by atoms with Gasteiger partial charge in [0.05, 0.1) is 35.0 Å². The van der Waals surface area contributed by atoms with Gasteiger partial charge in [0.2, 0.25) is 5.91 Å². The normalized spacial score (nSPS) is 14.2. The number of nitrogens with zero attached hydrogens (tertiary/aromatic N) is 4. The minimum Gasteiger partial charge on any atom is -0.338 e. The van der Waals surface area contributed by atoms with Crippen molar-refractivity contribution >= 4 is 44.9 Å². The Morgan fingerprint density at radius 2 is 1.95 bits per heavy atom. The summed E-state index contributed by atoms with van der Waals surface area (Å²) in [5.41, 5.74) is 6.04. The van der Waals surface area contributed by atoms with Crippen LogP contribution in [-0.4, -0.2) is 49.1 Å². The van der Waals surface area contributed by atoms with E-state index in [4.69, 9.17) is 0 Å². The summed E-state index contributed by atoms with van der Waals surface area (Å²) in [6.45, 7) is 1.92. The standard InChI is InChI=1S/C29H25FN8OS/c30-26-2-1-25(40-26)19-5-8-33-29-20(19)11-23(36-29)28-21-12-22(34-15-24(21)37-38-28)17-10-18(14-32-13-17)35-27(39)9-16-3-6-31-7-4-16/h1-2,5,8,10-16,31H,3-4,6-7,9H2,(H,33,36)(H,35,39)(H,37,38). The lowest BCUT2D eigenvalue weighted by Crippen LogP contribution is -2.30. The number of aromatic amines is 2. The van der Waals surface area contributed by atoms with Crippen LogP contribution >= 0.6 is 11.3 Å². The number of pyridine rings is 3. The molecule has 9 nitrogen and oxygen atoms in total. The van der Waals surface area contributed by atoms with E-state index in [9.17, 15) is 9.18 Å². The fourth-order valence-electron chi connectivity index (χ4n) is 5.32. The Morgan fingerprint density at radius 1 is 1.05 bits per heavy atom.